The van der Waals surface area contributed by atoms with Crippen molar-refractivity contribution < 1.29 is 14.7 Å². The van der Waals surface area contributed by atoms with E-state index in [4.69, 9.17) is 5.11 Å². The first-order valence-corrected chi connectivity index (χ1v) is 7.83. The van der Waals surface area contributed by atoms with E-state index in [1.807, 2.05) is 12.3 Å². The van der Waals surface area contributed by atoms with Crippen LogP contribution >= 0.6 is 34.4 Å². The van der Waals surface area contributed by atoms with E-state index < -0.39 is 5.97 Å². The number of aryl methyl sites for hydroxylation is 1. The van der Waals surface area contributed by atoms with Gasteiger partial charge in [-0.15, -0.1) is 10.2 Å². The average molecular weight is 315 g/mol. The van der Waals surface area contributed by atoms with Crippen molar-refractivity contribution in [2.45, 2.75) is 11.3 Å². The van der Waals surface area contributed by atoms with Crippen LogP contribution in [-0.2, 0) is 4.79 Å². The lowest BCUT2D eigenvalue weighted by Gasteiger charge is -1.99. The predicted octanol–water partition coefficient (Wildman–Crippen LogP) is 2.34. The fraction of sp³-hybridized carbons (Fsp3) is 0.200. The van der Waals surface area contributed by atoms with E-state index >= 15 is 0 Å². The number of carboxylic acids is 1. The van der Waals surface area contributed by atoms with Gasteiger partial charge in [-0.05, 0) is 17.9 Å². The van der Waals surface area contributed by atoms with Crippen LogP contribution in [0.3, 0.4) is 0 Å². The maximum absolute atomic E-state index is 11.9. The molecule has 2 N–H and O–H groups in total. The Morgan fingerprint density at radius 3 is 2.84 bits per heavy atom. The molecular formula is C10H9N3O3S3. The monoisotopic (exact) mass is 315 g/mol. The Bertz CT molecular complexity index is 608. The van der Waals surface area contributed by atoms with E-state index in [9.17, 15) is 9.59 Å². The molecule has 0 spiro atoms. The van der Waals surface area contributed by atoms with Crippen LogP contribution in [0, 0.1) is 6.92 Å². The van der Waals surface area contributed by atoms with Crippen molar-refractivity contribution in [2.24, 2.45) is 0 Å². The second-order valence-electron chi connectivity index (χ2n) is 3.48. The zero-order valence-electron chi connectivity index (χ0n) is 9.74. The Kier molecular flexibility index (Phi) is 4.51. The highest BCUT2D eigenvalue weighted by atomic mass is 32.2. The molecule has 0 radical (unpaired) electrons. The SMILES string of the molecule is Cc1cscc1C(=O)Nc1nnc(SCC(=O)O)s1. The van der Waals surface area contributed by atoms with Crippen LogP contribution in [0.2, 0.25) is 0 Å². The number of thioether (sulfide) groups is 1. The van der Waals surface area contributed by atoms with Gasteiger partial charge in [0, 0.05) is 5.38 Å². The van der Waals surface area contributed by atoms with E-state index in [2.05, 4.69) is 15.5 Å². The molecular weight excluding hydrogens is 306 g/mol. The zero-order valence-corrected chi connectivity index (χ0v) is 12.2. The first-order chi connectivity index (χ1) is 9.06. The molecule has 0 fully saturated rings. The van der Waals surface area contributed by atoms with Crippen molar-refractivity contribution in [1.82, 2.24) is 10.2 Å². The normalized spacial score (nSPS) is 10.4. The molecule has 0 aromatic carbocycles. The number of carboxylic acid groups (broad SMARTS) is 1. The topological polar surface area (TPSA) is 92.2 Å². The number of nitrogens with zero attached hydrogens (tertiary/aromatic N) is 2. The van der Waals surface area contributed by atoms with Crippen molar-refractivity contribution in [3.8, 4) is 0 Å². The Labute approximate surface area is 120 Å². The van der Waals surface area contributed by atoms with E-state index in [1.165, 1.54) is 11.3 Å². The largest absolute Gasteiger partial charge is 0.481 e. The van der Waals surface area contributed by atoms with Crippen LogP contribution in [0.4, 0.5) is 5.13 Å². The number of carbonyl (C=O) groups excluding carboxylic acids is 1. The Morgan fingerprint density at radius 1 is 1.42 bits per heavy atom. The van der Waals surface area contributed by atoms with Gasteiger partial charge in [-0.25, -0.2) is 0 Å². The number of aliphatic carboxylic acids is 1. The lowest BCUT2D eigenvalue weighted by molar-refractivity contribution is -0.133. The van der Waals surface area contributed by atoms with Gasteiger partial charge in [0.05, 0.1) is 11.3 Å². The highest BCUT2D eigenvalue weighted by molar-refractivity contribution is 8.01. The second-order valence-corrected chi connectivity index (χ2v) is 6.42. The molecule has 0 saturated carbocycles. The quantitative estimate of drug-likeness (QED) is 0.650. The molecule has 0 saturated heterocycles. The minimum atomic E-state index is -0.917. The van der Waals surface area contributed by atoms with Crippen LogP contribution in [-0.4, -0.2) is 32.9 Å². The molecule has 0 unspecified atom stereocenters. The summed E-state index contributed by atoms with van der Waals surface area (Å²) in [4.78, 5) is 22.3. The minimum Gasteiger partial charge on any atom is -0.481 e. The van der Waals surface area contributed by atoms with Crippen molar-refractivity contribution >= 4 is 51.4 Å². The van der Waals surface area contributed by atoms with Crippen molar-refractivity contribution in [2.75, 3.05) is 11.1 Å². The van der Waals surface area contributed by atoms with Gasteiger partial charge in [0.25, 0.3) is 5.91 Å². The van der Waals surface area contributed by atoms with Gasteiger partial charge in [0.2, 0.25) is 5.13 Å². The van der Waals surface area contributed by atoms with Crippen molar-refractivity contribution in [3.63, 3.8) is 0 Å². The fourth-order valence-electron chi connectivity index (χ4n) is 1.20. The molecule has 9 heteroatoms. The van der Waals surface area contributed by atoms with Gasteiger partial charge in [-0.1, -0.05) is 23.1 Å². The zero-order chi connectivity index (χ0) is 13.8. The second kappa shape index (κ2) is 6.13. The van der Waals surface area contributed by atoms with Crippen LogP contribution in [0.5, 0.6) is 0 Å². The summed E-state index contributed by atoms with van der Waals surface area (Å²) in [6.07, 6.45) is 0. The number of hydrogen-bond acceptors (Lipinski definition) is 7. The Hall–Kier alpha value is -1.45. The smallest absolute Gasteiger partial charge is 0.313 e. The van der Waals surface area contributed by atoms with Gasteiger partial charge >= 0.3 is 5.97 Å². The molecule has 1 amide bonds. The van der Waals surface area contributed by atoms with Gasteiger partial charge in [0.15, 0.2) is 4.34 Å². The third kappa shape index (κ3) is 3.75. The van der Waals surface area contributed by atoms with E-state index in [0.29, 0.717) is 15.0 Å². The summed E-state index contributed by atoms with van der Waals surface area (Å²) in [6.45, 7) is 1.86. The highest BCUT2D eigenvalue weighted by Gasteiger charge is 2.13. The number of anilines is 1. The van der Waals surface area contributed by atoms with Crippen molar-refractivity contribution in [3.05, 3.63) is 21.9 Å². The maximum atomic E-state index is 11.9. The maximum Gasteiger partial charge on any atom is 0.313 e. The molecule has 0 atom stereocenters. The van der Waals surface area contributed by atoms with Gasteiger partial charge in [-0.3, -0.25) is 14.9 Å². The molecule has 0 aliphatic heterocycles. The Morgan fingerprint density at radius 2 is 2.21 bits per heavy atom. The molecule has 0 bridgehead atoms. The lowest BCUT2D eigenvalue weighted by atomic mass is 10.2. The molecule has 2 rings (SSSR count). The van der Waals surface area contributed by atoms with Gasteiger partial charge < -0.3 is 5.11 Å². The fourth-order valence-corrected chi connectivity index (χ4v) is 3.50. The number of carbonyl (C=O) groups is 2. The molecule has 100 valence electrons. The third-order valence-electron chi connectivity index (χ3n) is 2.05. The number of amides is 1. The summed E-state index contributed by atoms with van der Waals surface area (Å²) >= 11 is 3.69. The number of nitrogens with one attached hydrogen (secondary N) is 1. The van der Waals surface area contributed by atoms with Crippen LogP contribution in [0.15, 0.2) is 15.1 Å². The molecule has 2 aromatic heterocycles. The van der Waals surface area contributed by atoms with Crippen LogP contribution in [0.1, 0.15) is 15.9 Å². The summed E-state index contributed by atoms with van der Waals surface area (Å²) in [5.41, 5.74) is 1.52. The molecule has 19 heavy (non-hydrogen) atoms. The minimum absolute atomic E-state index is 0.0772. The molecule has 0 aliphatic carbocycles. The molecule has 6 nitrogen and oxygen atoms in total. The summed E-state index contributed by atoms with van der Waals surface area (Å²) in [7, 11) is 0. The number of thiophene rings is 1. The standard InChI is InChI=1S/C10H9N3O3S3/c1-5-2-17-3-6(5)8(16)11-9-12-13-10(19-9)18-4-7(14)15/h2-3H,4H2,1H3,(H,14,15)(H,11,12,16). The number of rotatable bonds is 5. The van der Waals surface area contributed by atoms with Gasteiger partial charge in [0.1, 0.15) is 0 Å². The lowest BCUT2D eigenvalue weighted by Crippen LogP contribution is -2.11. The summed E-state index contributed by atoms with van der Waals surface area (Å²) in [6, 6.07) is 0. The van der Waals surface area contributed by atoms with E-state index in [0.717, 1.165) is 28.7 Å². The highest BCUT2D eigenvalue weighted by Crippen LogP contribution is 2.26. The number of aromatic nitrogens is 2. The first kappa shape index (κ1) is 14.0. The van der Waals surface area contributed by atoms with E-state index in [-0.39, 0.29) is 11.7 Å². The number of hydrogen-bond donors (Lipinski definition) is 2. The summed E-state index contributed by atoms with van der Waals surface area (Å²) < 4.78 is 0.514. The van der Waals surface area contributed by atoms with Crippen LogP contribution < -0.4 is 5.32 Å². The first-order valence-electron chi connectivity index (χ1n) is 5.08. The molecule has 2 aromatic rings. The third-order valence-corrected chi connectivity index (χ3v) is 4.86. The summed E-state index contributed by atoms with van der Waals surface area (Å²) in [5.74, 6) is -1.23. The average Bonchev–Trinajstić information content (AvgIpc) is 2.95. The summed E-state index contributed by atoms with van der Waals surface area (Å²) in [5, 5.41) is 22.8. The Balaban J connectivity index is 1.98. The predicted molar refractivity (Wildman–Crippen MR) is 75.3 cm³/mol. The van der Waals surface area contributed by atoms with Gasteiger partial charge in [-0.2, -0.15) is 11.3 Å². The van der Waals surface area contributed by atoms with E-state index in [1.54, 1.807) is 5.38 Å². The van der Waals surface area contributed by atoms with Crippen LogP contribution in [0.25, 0.3) is 0 Å². The molecule has 0 aliphatic rings. The molecule has 2 heterocycles. The van der Waals surface area contributed by atoms with Crippen molar-refractivity contribution in [1.29, 1.82) is 0 Å².